The molecule has 5 nitrogen and oxygen atoms in total. The molecule has 1 aromatic rings. The molecule has 2 N–H and O–H groups in total. The van der Waals surface area contributed by atoms with Crippen molar-refractivity contribution >= 4 is 34.0 Å². The molecule has 104 valence electrons. The third kappa shape index (κ3) is 3.33. The van der Waals surface area contributed by atoms with Crippen molar-refractivity contribution in [3.05, 3.63) is 31.6 Å². The van der Waals surface area contributed by atoms with E-state index in [0.29, 0.717) is 0 Å². The van der Waals surface area contributed by atoms with Gasteiger partial charge in [-0.3, -0.25) is 10.1 Å². The monoisotopic (exact) mass is 379 g/mol. The van der Waals surface area contributed by atoms with E-state index in [1.54, 1.807) is 22.6 Å². The van der Waals surface area contributed by atoms with Gasteiger partial charge in [0.2, 0.25) is 0 Å². The van der Waals surface area contributed by atoms with Crippen molar-refractivity contribution in [2.75, 3.05) is 18.4 Å². The van der Waals surface area contributed by atoms with Crippen LogP contribution >= 0.6 is 22.6 Å². The highest BCUT2D eigenvalue weighted by Crippen LogP contribution is 2.33. The number of halogens is 2. The van der Waals surface area contributed by atoms with E-state index in [-0.39, 0.29) is 20.5 Å². The SMILES string of the molecule is CC1(Nc2cc(F)c(I)cc2[N+](=O)[O-])CCNCC1. The number of rotatable bonds is 3. The lowest BCUT2D eigenvalue weighted by molar-refractivity contribution is -0.384. The normalized spacial score (nSPS) is 18.1. The second kappa shape index (κ2) is 5.58. The summed E-state index contributed by atoms with van der Waals surface area (Å²) in [5, 5.41) is 17.4. The van der Waals surface area contributed by atoms with Crippen LogP contribution in [0.4, 0.5) is 15.8 Å². The minimum Gasteiger partial charge on any atom is -0.374 e. The molecule has 0 aliphatic carbocycles. The Kier molecular flexibility index (Phi) is 4.24. The third-order valence-electron chi connectivity index (χ3n) is 3.38. The first-order chi connectivity index (χ1) is 8.91. The van der Waals surface area contributed by atoms with E-state index >= 15 is 0 Å². The van der Waals surface area contributed by atoms with Crippen molar-refractivity contribution in [3.8, 4) is 0 Å². The van der Waals surface area contributed by atoms with Crippen LogP contribution in [0.15, 0.2) is 12.1 Å². The van der Waals surface area contributed by atoms with Crippen LogP contribution in [-0.4, -0.2) is 23.6 Å². The Morgan fingerprint density at radius 1 is 1.47 bits per heavy atom. The van der Waals surface area contributed by atoms with Gasteiger partial charge in [-0.05, 0) is 55.4 Å². The van der Waals surface area contributed by atoms with Gasteiger partial charge in [0, 0.05) is 17.7 Å². The van der Waals surface area contributed by atoms with Gasteiger partial charge in [-0.15, -0.1) is 0 Å². The van der Waals surface area contributed by atoms with Gasteiger partial charge in [0.25, 0.3) is 5.69 Å². The third-order valence-corrected chi connectivity index (χ3v) is 4.21. The molecule has 0 unspecified atom stereocenters. The van der Waals surface area contributed by atoms with Gasteiger partial charge < -0.3 is 10.6 Å². The van der Waals surface area contributed by atoms with Gasteiger partial charge in [0.15, 0.2) is 0 Å². The van der Waals surface area contributed by atoms with Crippen LogP contribution in [-0.2, 0) is 0 Å². The summed E-state index contributed by atoms with van der Waals surface area (Å²) in [5.74, 6) is -0.439. The Hall–Kier alpha value is -0.960. The molecular weight excluding hydrogens is 364 g/mol. The molecule has 1 aromatic carbocycles. The molecular formula is C12H15FIN3O2. The molecule has 7 heteroatoms. The van der Waals surface area contributed by atoms with Crippen molar-refractivity contribution in [2.24, 2.45) is 0 Å². The van der Waals surface area contributed by atoms with E-state index < -0.39 is 10.7 Å². The highest BCUT2D eigenvalue weighted by atomic mass is 127. The fourth-order valence-electron chi connectivity index (χ4n) is 2.22. The fraction of sp³-hybridized carbons (Fsp3) is 0.500. The first-order valence-corrected chi connectivity index (χ1v) is 7.11. The number of piperidine rings is 1. The number of nitro groups is 1. The quantitative estimate of drug-likeness (QED) is 0.482. The summed E-state index contributed by atoms with van der Waals surface area (Å²) in [7, 11) is 0. The summed E-state index contributed by atoms with van der Waals surface area (Å²) >= 11 is 1.76. The highest BCUT2D eigenvalue weighted by molar-refractivity contribution is 14.1. The molecule has 1 fully saturated rings. The Morgan fingerprint density at radius 2 is 2.11 bits per heavy atom. The first-order valence-electron chi connectivity index (χ1n) is 6.04. The lowest BCUT2D eigenvalue weighted by Crippen LogP contribution is -2.45. The van der Waals surface area contributed by atoms with Gasteiger partial charge in [-0.25, -0.2) is 4.39 Å². The maximum Gasteiger partial charge on any atom is 0.293 e. The van der Waals surface area contributed by atoms with Crippen LogP contribution in [0, 0.1) is 19.5 Å². The van der Waals surface area contributed by atoms with E-state index in [4.69, 9.17) is 0 Å². The Labute approximate surface area is 124 Å². The number of nitrogens with zero attached hydrogens (tertiary/aromatic N) is 1. The van der Waals surface area contributed by atoms with Crippen LogP contribution in [0.2, 0.25) is 0 Å². The molecule has 0 atom stereocenters. The fourth-order valence-corrected chi connectivity index (χ4v) is 2.67. The predicted molar refractivity (Wildman–Crippen MR) is 79.9 cm³/mol. The van der Waals surface area contributed by atoms with Crippen LogP contribution in [0.5, 0.6) is 0 Å². The van der Waals surface area contributed by atoms with Crippen molar-refractivity contribution in [2.45, 2.75) is 25.3 Å². The van der Waals surface area contributed by atoms with E-state index in [0.717, 1.165) is 25.9 Å². The molecule has 0 bridgehead atoms. The summed E-state index contributed by atoms with van der Waals surface area (Å²) < 4.78 is 13.9. The number of hydrogen-bond acceptors (Lipinski definition) is 4. The van der Waals surface area contributed by atoms with E-state index in [1.165, 1.54) is 12.1 Å². The van der Waals surface area contributed by atoms with Crippen LogP contribution in [0.25, 0.3) is 0 Å². The Balaban J connectivity index is 2.33. The lowest BCUT2D eigenvalue weighted by atomic mass is 9.90. The molecule has 1 heterocycles. The maximum atomic E-state index is 13.6. The lowest BCUT2D eigenvalue weighted by Gasteiger charge is -2.35. The number of nitro benzene ring substituents is 1. The van der Waals surface area contributed by atoms with Crippen LogP contribution in [0.3, 0.4) is 0 Å². The van der Waals surface area contributed by atoms with Gasteiger partial charge in [-0.2, -0.15) is 0 Å². The van der Waals surface area contributed by atoms with Crippen molar-refractivity contribution in [1.29, 1.82) is 0 Å². The standard InChI is InChI=1S/C12H15FIN3O2/c1-12(2-4-15-5-3-12)16-10-6-8(13)9(14)7-11(10)17(18)19/h6-7,15-16H,2-5H2,1H3. The largest absolute Gasteiger partial charge is 0.374 e. The van der Waals surface area contributed by atoms with Crippen molar-refractivity contribution in [3.63, 3.8) is 0 Å². The second-order valence-corrected chi connectivity index (χ2v) is 6.14. The molecule has 2 rings (SSSR count). The van der Waals surface area contributed by atoms with E-state index in [9.17, 15) is 14.5 Å². The van der Waals surface area contributed by atoms with Gasteiger partial charge in [-0.1, -0.05) is 0 Å². The average Bonchev–Trinajstić information content (AvgIpc) is 2.33. The van der Waals surface area contributed by atoms with Gasteiger partial charge in [0.05, 0.1) is 8.49 Å². The summed E-state index contributed by atoms with van der Waals surface area (Å²) in [6, 6.07) is 2.48. The van der Waals surface area contributed by atoms with E-state index in [2.05, 4.69) is 10.6 Å². The zero-order valence-electron chi connectivity index (χ0n) is 10.5. The molecule has 1 aliphatic heterocycles. The van der Waals surface area contributed by atoms with Gasteiger partial charge >= 0.3 is 0 Å². The number of anilines is 1. The molecule has 19 heavy (non-hydrogen) atoms. The summed E-state index contributed by atoms with van der Waals surface area (Å²) in [6.45, 7) is 3.71. The molecule has 1 aliphatic rings. The minimum absolute atomic E-state index is 0.0782. The Morgan fingerprint density at radius 3 is 2.68 bits per heavy atom. The number of hydrogen-bond donors (Lipinski definition) is 2. The molecule has 0 spiro atoms. The van der Waals surface area contributed by atoms with Crippen molar-refractivity contribution in [1.82, 2.24) is 5.32 Å². The topological polar surface area (TPSA) is 67.2 Å². The zero-order chi connectivity index (χ0) is 14.0. The molecule has 1 saturated heterocycles. The molecule has 0 aromatic heterocycles. The van der Waals surface area contributed by atoms with E-state index in [1.807, 2.05) is 6.92 Å². The number of benzene rings is 1. The van der Waals surface area contributed by atoms with Crippen molar-refractivity contribution < 1.29 is 9.31 Å². The summed E-state index contributed by atoms with van der Waals surface area (Å²) in [6.07, 6.45) is 1.69. The predicted octanol–water partition coefficient (Wildman–Crippen LogP) is 2.89. The molecule has 0 amide bonds. The molecule has 0 saturated carbocycles. The zero-order valence-corrected chi connectivity index (χ0v) is 12.7. The van der Waals surface area contributed by atoms with Gasteiger partial charge in [0.1, 0.15) is 11.5 Å². The summed E-state index contributed by atoms with van der Waals surface area (Å²) in [5.41, 5.74) is -0.0622. The summed E-state index contributed by atoms with van der Waals surface area (Å²) in [4.78, 5) is 10.6. The smallest absolute Gasteiger partial charge is 0.293 e. The maximum absolute atomic E-state index is 13.6. The van der Waals surface area contributed by atoms with Crippen LogP contribution < -0.4 is 10.6 Å². The Bertz CT molecular complexity index is 504. The first kappa shape index (κ1) is 14.4. The van der Waals surface area contributed by atoms with Crippen LogP contribution in [0.1, 0.15) is 19.8 Å². The molecule has 0 radical (unpaired) electrons. The number of nitrogens with one attached hydrogen (secondary N) is 2. The average molecular weight is 379 g/mol. The minimum atomic E-state index is -0.478. The second-order valence-electron chi connectivity index (χ2n) is 4.98. The highest BCUT2D eigenvalue weighted by Gasteiger charge is 2.29.